The van der Waals surface area contributed by atoms with E-state index in [0.29, 0.717) is 11.8 Å². The first kappa shape index (κ1) is 25.9. The number of Topliss-reactive ketones (excluding diaryl/α,β-unsaturated/α-hetero) is 1. The Morgan fingerprint density at radius 3 is 2.16 bits per heavy atom. The summed E-state index contributed by atoms with van der Waals surface area (Å²) in [5, 5.41) is 24.4. The molecule has 5 N–H and O–H groups in total. The molecule has 0 aliphatic carbocycles. The Morgan fingerprint density at radius 1 is 1.03 bits per heavy atom. The monoisotopic (exact) mass is 436 g/mol. The van der Waals surface area contributed by atoms with Crippen molar-refractivity contribution in [2.24, 2.45) is 5.92 Å². The van der Waals surface area contributed by atoms with Crippen molar-refractivity contribution >= 4 is 29.7 Å². The van der Waals surface area contributed by atoms with E-state index in [4.69, 9.17) is 5.41 Å². The number of benzene rings is 1. The molecule has 0 saturated carbocycles. The van der Waals surface area contributed by atoms with Gasteiger partial charge in [0.05, 0.1) is 12.3 Å². The number of hydrogen-bond acceptors (Lipinski definition) is 6. The molecule has 1 aromatic rings. The first-order chi connectivity index (χ1) is 14.5. The van der Waals surface area contributed by atoms with Crippen molar-refractivity contribution < 1.29 is 28.7 Å². The maximum Gasteiger partial charge on any atom is 0.245 e. The zero-order valence-electron chi connectivity index (χ0n) is 17.8. The SMILES string of the molecule is CC(C)C(=O)N[C@H](C(=O)N[C@@H](CCC(=O)C=N)C(=O)NCc1ccc(F)cc1)C(C)O. The summed E-state index contributed by atoms with van der Waals surface area (Å²) in [6.45, 7) is 4.64. The van der Waals surface area contributed by atoms with E-state index in [1.54, 1.807) is 13.8 Å². The van der Waals surface area contributed by atoms with Gasteiger partial charge in [0.15, 0.2) is 5.78 Å². The number of amides is 3. The van der Waals surface area contributed by atoms with E-state index in [0.717, 1.165) is 0 Å². The predicted molar refractivity (Wildman–Crippen MR) is 112 cm³/mol. The molecule has 0 aromatic heterocycles. The van der Waals surface area contributed by atoms with E-state index in [-0.39, 0.29) is 19.4 Å². The zero-order chi connectivity index (χ0) is 23.6. The normalized spacial score (nSPS) is 13.6. The van der Waals surface area contributed by atoms with Crippen molar-refractivity contribution in [2.75, 3.05) is 0 Å². The van der Waals surface area contributed by atoms with Crippen LogP contribution in [-0.2, 0) is 25.7 Å². The fourth-order valence-electron chi connectivity index (χ4n) is 2.53. The molecular weight excluding hydrogens is 407 g/mol. The second-order valence-electron chi connectivity index (χ2n) is 7.44. The lowest BCUT2D eigenvalue weighted by atomic mass is 10.1. The van der Waals surface area contributed by atoms with Crippen molar-refractivity contribution in [3.63, 3.8) is 0 Å². The quantitative estimate of drug-likeness (QED) is 0.302. The molecule has 10 heteroatoms. The van der Waals surface area contributed by atoms with Crippen molar-refractivity contribution in [1.82, 2.24) is 16.0 Å². The maximum atomic E-state index is 13.0. The van der Waals surface area contributed by atoms with Gasteiger partial charge >= 0.3 is 0 Å². The van der Waals surface area contributed by atoms with Gasteiger partial charge < -0.3 is 26.5 Å². The second-order valence-corrected chi connectivity index (χ2v) is 7.44. The average Bonchev–Trinajstić information content (AvgIpc) is 2.73. The van der Waals surface area contributed by atoms with Gasteiger partial charge in [0.2, 0.25) is 17.7 Å². The molecule has 1 aromatic carbocycles. The molecule has 0 radical (unpaired) electrons. The molecule has 0 spiro atoms. The lowest BCUT2D eigenvalue weighted by Crippen LogP contribution is -2.57. The van der Waals surface area contributed by atoms with Crippen LogP contribution in [0.5, 0.6) is 0 Å². The lowest BCUT2D eigenvalue weighted by molar-refractivity contribution is -0.135. The highest BCUT2D eigenvalue weighted by atomic mass is 19.1. The standard InChI is InChI=1S/C21H29FN4O5/c1-12(2)19(29)26-18(13(3)27)21(31)25-17(9-8-16(28)10-23)20(30)24-11-14-4-6-15(22)7-5-14/h4-7,10,12-13,17-18,23,27H,8-9,11H2,1-3H3,(H,24,30)(H,25,31)(H,26,29)/t13?,17-,18-/m0/s1. The van der Waals surface area contributed by atoms with Gasteiger partial charge in [-0.05, 0) is 31.0 Å². The molecule has 0 fully saturated rings. The molecule has 9 nitrogen and oxygen atoms in total. The largest absolute Gasteiger partial charge is 0.391 e. The minimum Gasteiger partial charge on any atom is -0.391 e. The first-order valence-electron chi connectivity index (χ1n) is 9.89. The topological polar surface area (TPSA) is 148 Å². The molecule has 0 aliphatic heterocycles. The fourth-order valence-corrected chi connectivity index (χ4v) is 2.53. The minimum absolute atomic E-state index is 0.0634. The Bertz CT molecular complexity index is 795. The second kappa shape index (κ2) is 12.5. The molecule has 0 bridgehead atoms. The summed E-state index contributed by atoms with van der Waals surface area (Å²) in [6, 6.07) is 3.04. The van der Waals surface area contributed by atoms with Gasteiger partial charge in [0.25, 0.3) is 0 Å². The fraction of sp³-hybridized carbons (Fsp3) is 0.476. The average molecular weight is 436 g/mol. The van der Waals surface area contributed by atoms with E-state index in [1.807, 2.05) is 0 Å². The van der Waals surface area contributed by atoms with Gasteiger partial charge in [-0.25, -0.2) is 4.39 Å². The van der Waals surface area contributed by atoms with Gasteiger partial charge in [0, 0.05) is 18.9 Å². The molecule has 0 heterocycles. The van der Waals surface area contributed by atoms with Crippen LogP contribution in [-0.4, -0.2) is 53.0 Å². The van der Waals surface area contributed by atoms with Gasteiger partial charge in [-0.2, -0.15) is 0 Å². The van der Waals surface area contributed by atoms with Crippen LogP contribution in [0, 0.1) is 17.1 Å². The number of hydrogen-bond donors (Lipinski definition) is 5. The summed E-state index contributed by atoms with van der Waals surface area (Å²) in [4.78, 5) is 48.7. The lowest BCUT2D eigenvalue weighted by Gasteiger charge is -2.25. The van der Waals surface area contributed by atoms with Crippen LogP contribution >= 0.6 is 0 Å². The molecular formula is C21H29FN4O5. The number of rotatable bonds is 12. The molecule has 170 valence electrons. The highest BCUT2D eigenvalue weighted by molar-refractivity contribution is 6.26. The molecule has 0 aliphatic rings. The van der Waals surface area contributed by atoms with E-state index in [2.05, 4.69) is 16.0 Å². The first-order valence-corrected chi connectivity index (χ1v) is 9.89. The summed E-state index contributed by atoms with van der Waals surface area (Å²) in [5.74, 6) is -3.20. The summed E-state index contributed by atoms with van der Waals surface area (Å²) in [6.07, 6.45) is -0.846. The summed E-state index contributed by atoms with van der Waals surface area (Å²) in [5.41, 5.74) is 0.626. The van der Waals surface area contributed by atoms with Crippen LogP contribution in [0.4, 0.5) is 4.39 Å². The van der Waals surface area contributed by atoms with Crippen LogP contribution in [0.1, 0.15) is 39.2 Å². The predicted octanol–water partition coefficient (Wildman–Crippen LogP) is 0.447. The highest BCUT2D eigenvalue weighted by Crippen LogP contribution is 2.05. The Kier molecular flexibility index (Phi) is 10.5. The number of ketones is 1. The van der Waals surface area contributed by atoms with Gasteiger partial charge in [-0.15, -0.1) is 0 Å². The van der Waals surface area contributed by atoms with Gasteiger partial charge in [0.1, 0.15) is 17.9 Å². The Morgan fingerprint density at radius 2 is 1.65 bits per heavy atom. The maximum absolute atomic E-state index is 13.0. The van der Waals surface area contributed by atoms with Crippen molar-refractivity contribution in [3.05, 3.63) is 35.6 Å². The van der Waals surface area contributed by atoms with Gasteiger partial charge in [-0.1, -0.05) is 26.0 Å². The number of aliphatic hydroxyl groups is 1. The van der Waals surface area contributed by atoms with Crippen molar-refractivity contribution in [2.45, 2.75) is 58.3 Å². The van der Waals surface area contributed by atoms with Crippen LogP contribution in [0.15, 0.2) is 24.3 Å². The molecule has 0 saturated heterocycles. The highest BCUT2D eigenvalue weighted by Gasteiger charge is 2.30. The third kappa shape index (κ3) is 9.04. The molecule has 3 amide bonds. The van der Waals surface area contributed by atoms with Crippen LogP contribution in [0.3, 0.4) is 0 Å². The summed E-state index contributed by atoms with van der Waals surface area (Å²) >= 11 is 0. The number of aliphatic hydroxyl groups excluding tert-OH is 1. The zero-order valence-corrected chi connectivity index (χ0v) is 17.8. The third-order valence-electron chi connectivity index (χ3n) is 4.44. The van der Waals surface area contributed by atoms with E-state index in [9.17, 15) is 28.7 Å². The number of carbonyl (C=O) groups is 4. The minimum atomic E-state index is -1.29. The summed E-state index contributed by atoms with van der Waals surface area (Å²) in [7, 11) is 0. The molecule has 1 unspecified atom stereocenters. The number of nitrogens with one attached hydrogen (secondary N) is 4. The van der Waals surface area contributed by atoms with Crippen molar-refractivity contribution in [1.29, 1.82) is 5.41 Å². The van der Waals surface area contributed by atoms with Crippen LogP contribution in [0.25, 0.3) is 0 Å². The molecule has 3 atom stereocenters. The van der Waals surface area contributed by atoms with Crippen LogP contribution in [0.2, 0.25) is 0 Å². The van der Waals surface area contributed by atoms with E-state index < -0.39 is 53.4 Å². The molecule has 31 heavy (non-hydrogen) atoms. The number of halogens is 1. The van der Waals surface area contributed by atoms with Gasteiger partial charge in [-0.3, -0.25) is 19.2 Å². The third-order valence-corrected chi connectivity index (χ3v) is 4.44. The summed E-state index contributed by atoms with van der Waals surface area (Å²) < 4.78 is 13.0. The smallest absolute Gasteiger partial charge is 0.245 e. The number of carbonyl (C=O) groups excluding carboxylic acids is 4. The van der Waals surface area contributed by atoms with E-state index >= 15 is 0 Å². The van der Waals surface area contributed by atoms with E-state index in [1.165, 1.54) is 31.2 Å². The molecule has 1 rings (SSSR count). The van der Waals surface area contributed by atoms with Crippen LogP contribution < -0.4 is 16.0 Å². The Hall–Kier alpha value is -3.14. The Labute approximate surface area is 180 Å². The van der Waals surface area contributed by atoms with Crippen molar-refractivity contribution in [3.8, 4) is 0 Å². The Balaban J connectivity index is 2.88.